The third-order valence-corrected chi connectivity index (χ3v) is 3.48. The molecule has 1 N–H and O–H groups in total. The molecule has 1 nitrogen and oxygen atoms in total. The molecule has 0 bridgehead atoms. The maximum absolute atomic E-state index is 13.8. The van der Waals surface area contributed by atoms with Gasteiger partial charge < -0.3 is 5.32 Å². The lowest BCUT2D eigenvalue weighted by Crippen LogP contribution is -2.18. The van der Waals surface area contributed by atoms with E-state index in [9.17, 15) is 4.39 Å². The zero-order valence-corrected chi connectivity index (χ0v) is 10.3. The van der Waals surface area contributed by atoms with Crippen LogP contribution in [0.25, 0.3) is 0 Å². The van der Waals surface area contributed by atoms with Crippen molar-refractivity contribution in [1.82, 2.24) is 5.32 Å². The fourth-order valence-electron chi connectivity index (χ4n) is 1.70. The van der Waals surface area contributed by atoms with Crippen LogP contribution in [0, 0.1) is 5.82 Å². The molecule has 0 amide bonds. The van der Waals surface area contributed by atoms with Crippen LogP contribution in [-0.4, -0.2) is 7.05 Å². The van der Waals surface area contributed by atoms with E-state index in [-0.39, 0.29) is 11.9 Å². The molecule has 1 atom stereocenters. The van der Waals surface area contributed by atoms with Crippen LogP contribution in [-0.2, 0) is 0 Å². The van der Waals surface area contributed by atoms with Crippen LogP contribution in [0.4, 0.5) is 4.39 Å². The number of benzene rings is 1. The predicted octanol–water partition coefficient (Wildman–Crippen LogP) is 3.85. The lowest BCUT2D eigenvalue weighted by molar-refractivity contribution is 0.577. The molecule has 0 saturated carbocycles. The summed E-state index contributed by atoms with van der Waals surface area (Å²) in [5, 5.41) is 7.49. The lowest BCUT2D eigenvalue weighted by Gasteiger charge is -2.17. The minimum Gasteiger partial charge on any atom is -0.309 e. The molecule has 4 heteroatoms. The van der Waals surface area contributed by atoms with Gasteiger partial charge in [0.2, 0.25) is 0 Å². The highest BCUT2D eigenvalue weighted by Crippen LogP contribution is 2.31. The van der Waals surface area contributed by atoms with E-state index in [4.69, 9.17) is 11.6 Å². The first-order valence-electron chi connectivity index (χ1n) is 4.87. The van der Waals surface area contributed by atoms with Crippen molar-refractivity contribution >= 4 is 22.9 Å². The first-order chi connectivity index (χ1) is 7.74. The van der Waals surface area contributed by atoms with Crippen LogP contribution in [0.2, 0.25) is 5.02 Å². The van der Waals surface area contributed by atoms with Crippen molar-refractivity contribution in [3.05, 3.63) is 57.0 Å². The minimum atomic E-state index is -0.280. The Bertz CT molecular complexity index is 450. The molecule has 16 heavy (non-hydrogen) atoms. The average molecular weight is 256 g/mol. The van der Waals surface area contributed by atoms with Crippen LogP contribution in [0.3, 0.4) is 0 Å². The van der Waals surface area contributed by atoms with Crippen LogP contribution in [0.15, 0.2) is 35.0 Å². The van der Waals surface area contributed by atoms with Crippen molar-refractivity contribution in [1.29, 1.82) is 0 Å². The number of hydrogen-bond donors (Lipinski definition) is 1. The van der Waals surface area contributed by atoms with E-state index in [2.05, 4.69) is 5.32 Å². The SMILES string of the molecule is CNC(c1ccsc1)c1c(F)cccc1Cl. The first kappa shape index (κ1) is 11.6. The lowest BCUT2D eigenvalue weighted by atomic mass is 10.0. The van der Waals surface area contributed by atoms with Gasteiger partial charge in [0.1, 0.15) is 5.82 Å². The maximum atomic E-state index is 13.8. The maximum Gasteiger partial charge on any atom is 0.129 e. The Balaban J connectivity index is 2.49. The van der Waals surface area contributed by atoms with Crippen LogP contribution in [0.1, 0.15) is 17.2 Å². The van der Waals surface area contributed by atoms with Gasteiger partial charge in [0, 0.05) is 10.6 Å². The Labute approximate surface area is 103 Å². The van der Waals surface area contributed by atoms with E-state index in [1.807, 2.05) is 16.8 Å². The second-order valence-corrected chi connectivity index (χ2v) is 4.60. The highest BCUT2D eigenvalue weighted by molar-refractivity contribution is 7.08. The Hall–Kier alpha value is -0.900. The molecule has 2 rings (SSSR count). The van der Waals surface area contributed by atoms with Crippen LogP contribution >= 0.6 is 22.9 Å². The molecular formula is C12H11ClFNS. The fourth-order valence-corrected chi connectivity index (χ4v) is 2.66. The van der Waals surface area contributed by atoms with Gasteiger partial charge in [-0.2, -0.15) is 11.3 Å². The standard InChI is InChI=1S/C12H11ClFNS/c1-15-12(8-5-6-16-7-8)11-9(13)3-2-4-10(11)14/h2-7,12,15H,1H3. The first-order valence-corrected chi connectivity index (χ1v) is 6.19. The zero-order valence-electron chi connectivity index (χ0n) is 8.71. The molecule has 1 unspecified atom stereocenters. The molecule has 84 valence electrons. The molecule has 0 spiro atoms. The van der Waals surface area contributed by atoms with E-state index in [1.165, 1.54) is 6.07 Å². The van der Waals surface area contributed by atoms with Gasteiger partial charge in [0.25, 0.3) is 0 Å². The molecule has 2 aromatic rings. The van der Waals surface area contributed by atoms with Crippen molar-refractivity contribution in [2.24, 2.45) is 0 Å². The average Bonchev–Trinajstić information content (AvgIpc) is 2.77. The van der Waals surface area contributed by atoms with Gasteiger partial charge in [-0.3, -0.25) is 0 Å². The third kappa shape index (κ3) is 2.12. The van der Waals surface area contributed by atoms with Crippen LogP contribution < -0.4 is 5.32 Å². The third-order valence-electron chi connectivity index (χ3n) is 2.45. The zero-order chi connectivity index (χ0) is 11.5. The van der Waals surface area contributed by atoms with E-state index in [1.54, 1.807) is 30.5 Å². The van der Waals surface area contributed by atoms with E-state index >= 15 is 0 Å². The summed E-state index contributed by atoms with van der Waals surface area (Å²) in [6, 6.07) is 6.52. The largest absolute Gasteiger partial charge is 0.309 e. The van der Waals surface area contributed by atoms with Crippen molar-refractivity contribution in [3.63, 3.8) is 0 Å². The summed E-state index contributed by atoms with van der Waals surface area (Å²) >= 11 is 7.63. The van der Waals surface area contributed by atoms with Crippen LogP contribution in [0.5, 0.6) is 0 Å². The fraction of sp³-hybridized carbons (Fsp3) is 0.167. The highest BCUT2D eigenvalue weighted by atomic mass is 35.5. The van der Waals surface area contributed by atoms with Gasteiger partial charge >= 0.3 is 0 Å². The Morgan fingerprint density at radius 1 is 1.38 bits per heavy atom. The minimum absolute atomic E-state index is 0.194. The second kappa shape index (κ2) is 4.95. The van der Waals surface area contributed by atoms with Gasteiger partial charge in [0.05, 0.1) is 6.04 Å². The van der Waals surface area contributed by atoms with Gasteiger partial charge in [-0.05, 0) is 41.6 Å². The van der Waals surface area contributed by atoms with E-state index in [0.29, 0.717) is 10.6 Å². The van der Waals surface area contributed by atoms with Crippen molar-refractivity contribution in [2.75, 3.05) is 7.05 Å². The summed E-state index contributed by atoms with van der Waals surface area (Å²) in [7, 11) is 1.80. The molecule has 0 aliphatic heterocycles. The molecule has 1 aromatic heterocycles. The molecule has 1 heterocycles. The van der Waals surface area contributed by atoms with Crippen molar-refractivity contribution in [2.45, 2.75) is 6.04 Å². The molecule has 0 fully saturated rings. The van der Waals surface area contributed by atoms with Crippen molar-refractivity contribution in [3.8, 4) is 0 Å². The number of rotatable bonds is 3. The summed E-state index contributed by atoms with van der Waals surface area (Å²) in [4.78, 5) is 0. The summed E-state index contributed by atoms with van der Waals surface area (Å²) in [5.74, 6) is -0.280. The summed E-state index contributed by atoms with van der Waals surface area (Å²) < 4.78 is 13.8. The summed E-state index contributed by atoms with van der Waals surface area (Å²) in [5.41, 5.74) is 1.53. The Morgan fingerprint density at radius 2 is 2.19 bits per heavy atom. The second-order valence-electron chi connectivity index (χ2n) is 3.41. The Kier molecular flexibility index (Phi) is 3.59. The smallest absolute Gasteiger partial charge is 0.129 e. The number of thiophene rings is 1. The molecular weight excluding hydrogens is 245 g/mol. The molecule has 0 radical (unpaired) electrons. The number of hydrogen-bond acceptors (Lipinski definition) is 2. The predicted molar refractivity (Wildman–Crippen MR) is 66.6 cm³/mol. The molecule has 0 aliphatic rings. The molecule has 1 aromatic carbocycles. The van der Waals surface area contributed by atoms with Crippen molar-refractivity contribution < 1.29 is 4.39 Å². The number of halogens is 2. The summed E-state index contributed by atoms with van der Waals surface area (Å²) in [6.45, 7) is 0. The summed E-state index contributed by atoms with van der Waals surface area (Å²) in [6.07, 6.45) is 0. The molecule has 0 saturated heterocycles. The molecule has 0 aliphatic carbocycles. The monoisotopic (exact) mass is 255 g/mol. The van der Waals surface area contributed by atoms with Gasteiger partial charge in [-0.15, -0.1) is 0 Å². The topological polar surface area (TPSA) is 12.0 Å². The normalized spacial score (nSPS) is 12.7. The quantitative estimate of drug-likeness (QED) is 0.879. The number of nitrogens with one attached hydrogen (secondary N) is 1. The van der Waals surface area contributed by atoms with Gasteiger partial charge in [0.15, 0.2) is 0 Å². The van der Waals surface area contributed by atoms with E-state index in [0.717, 1.165) is 5.56 Å². The van der Waals surface area contributed by atoms with Gasteiger partial charge in [-0.1, -0.05) is 17.7 Å². The Morgan fingerprint density at radius 3 is 2.75 bits per heavy atom. The van der Waals surface area contributed by atoms with E-state index < -0.39 is 0 Å². The van der Waals surface area contributed by atoms with Gasteiger partial charge in [-0.25, -0.2) is 4.39 Å². The highest BCUT2D eigenvalue weighted by Gasteiger charge is 2.19.